The Hall–Kier alpha value is -0.700. The van der Waals surface area contributed by atoms with E-state index in [1.54, 1.807) is 0 Å². The van der Waals surface area contributed by atoms with Crippen molar-refractivity contribution >= 4 is 11.6 Å². The van der Waals surface area contributed by atoms with E-state index in [0.29, 0.717) is 12.8 Å². The summed E-state index contributed by atoms with van der Waals surface area (Å²) in [6.07, 6.45) is 0.827. The first-order chi connectivity index (χ1) is 6.88. The molecule has 15 heavy (non-hydrogen) atoms. The lowest BCUT2D eigenvalue weighted by molar-refractivity contribution is -0.128. The second-order valence-electron chi connectivity index (χ2n) is 4.53. The maximum atomic E-state index is 11.8. The van der Waals surface area contributed by atoms with E-state index in [2.05, 4.69) is 5.32 Å². The minimum Gasteiger partial charge on any atom is -0.305 e. The second-order valence-corrected chi connectivity index (χ2v) is 4.53. The van der Waals surface area contributed by atoms with Crippen LogP contribution in [0.5, 0.6) is 0 Å². The van der Waals surface area contributed by atoms with Crippen LogP contribution in [0.2, 0.25) is 0 Å². The molecule has 0 saturated heterocycles. The van der Waals surface area contributed by atoms with Gasteiger partial charge >= 0.3 is 0 Å². The molecule has 1 unspecified atom stereocenters. The second kappa shape index (κ2) is 6.72. The average Bonchev–Trinajstić information content (AvgIpc) is 2.14. The van der Waals surface area contributed by atoms with Crippen LogP contribution in [0.1, 0.15) is 47.5 Å². The Bertz CT molecular complexity index is 222. The van der Waals surface area contributed by atoms with E-state index in [4.69, 9.17) is 0 Å². The fraction of sp³-hybridized carbons (Fsp3) is 0.833. The lowest BCUT2D eigenvalue weighted by Gasteiger charge is -2.21. The third kappa shape index (κ3) is 5.67. The predicted octanol–water partition coefficient (Wildman–Crippen LogP) is 1.95. The molecule has 1 atom stereocenters. The third-order valence-corrected chi connectivity index (χ3v) is 2.27. The van der Waals surface area contributed by atoms with Crippen molar-refractivity contribution in [3.05, 3.63) is 0 Å². The summed E-state index contributed by atoms with van der Waals surface area (Å²) in [6.45, 7) is 9.53. The van der Waals surface area contributed by atoms with E-state index in [1.807, 2.05) is 34.6 Å². The molecule has 0 rings (SSSR count). The van der Waals surface area contributed by atoms with E-state index >= 15 is 0 Å². The van der Waals surface area contributed by atoms with Crippen molar-refractivity contribution in [1.82, 2.24) is 5.32 Å². The first-order valence-corrected chi connectivity index (χ1v) is 5.69. The van der Waals surface area contributed by atoms with E-state index in [1.165, 1.54) is 0 Å². The minimum absolute atomic E-state index is 0.0223. The summed E-state index contributed by atoms with van der Waals surface area (Å²) in [7, 11) is 0. The molecular weight excluding hydrogens is 190 g/mol. The van der Waals surface area contributed by atoms with Gasteiger partial charge in [-0.2, -0.15) is 0 Å². The number of carbonyl (C=O) groups excluding carboxylic acids is 2. The molecule has 0 bridgehead atoms. The molecule has 0 aliphatic rings. The van der Waals surface area contributed by atoms with Gasteiger partial charge < -0.3 is 5.32 Å². The van der Waals surface area contributed by atoms with Crippen molar-refractivity contribution in [2.75, 3.05) is 0 Å². The zero-order chi connectivity index (χ0) is 12.0. The van der Waals surface area contributed by atoms with Crippen LogP contribution >= 0.6 is 0 Å². The molecule has 0 radical (unpaired) electrons. The van der Waals surface area contributed by atoms with Gasteiger partial charge in [-0.1, -0.05) is 34.6 Å². The van der Waals surface area contributed by atoms with Crippen LogP contribution in [-0.2, 0) is 9.59 Å². The Morgan fingerprint density at radius 3 is 2.00 bits per heavy atom. The van der Waals surface area contributed by atoms with Crippen LogP contribution < -0.4 is 5.32 Å². The van der Waals surface area contributed by atoms with Crippen LogP contribution in [0.15, 0.2) is 0 Å². The van der Waals surface area contributed by atoms with Gasteiger partial charge in [-0.3, -0.25) is 9.59 Å². The minimum atomic E-state index is -0.308. The number of Topliss-reactive ketones (excluding diaryl/α,β-unsaturated/α-hetero) is 2. The third-order valence-electron chi connectivity index (χ3n) is 2.27. The number of hydrogen-bond donors (Lipinski definition) is 1. The number of nitrogens with one attached hydrogen (secondary N) is 1. The topological polar surface area (TPSA) is 46.2 Å². The Morgan fingerprint density at radius 2 is 1.67 bits per heavy atom. The smallest absolute Gasteiger partial charge is 0.152 e. The SMILES string of the molecule is CCC(=O)CC(NC(C)C)C(=O)C(C)C. The van der Waals surface area contributed by atoms with Crippen molar-refractivity contribution in [3.63, 3.8) is 0 Å². The summed E-state index contributed by atoms with van der Waals surface area (Å²) in [5.74, 6) is 0.249. The van der Waals surface area contributed by atoms with Gasteiger partial charge in [-0.25, -0.2) is 0 Å². The summed E-state index contributed by atoms with van der Waals surface area (Å²) in [5, 5.41) is 3.16. The highest BCUT2D eigenvalue weighted by molar-refractivity contribution is 5.91. The molecular formula is C12H23NO2. The molecule has 0 aromatic rings. The summed E-state index contributed by atoms with van der Waals surface area (Å²) in [4.78, 5) is 23.2. The number of hydrogen-bond acceptors (Lipinski definition) is 3. The molecule has 0 aromatic heterocycles. The molecule has 1 N–H and O–H groups in total. The normalized spacial score (nSPS) is 13.3. The first-order valence-electron chi connectivity index (χ1n) is 5.69. The fourth-order valence-electron chi connectivity index (χ4n) is 1.42. The van der Waals surface area contributed by atoms with Crippen molar-refractivity contribution in [1.29, 1.82) is 0 Å². The van der Waals surface area contributed by atoms with Gasteiger partial charge in [0.2, 0.25) is 0 Å². The summed E-state index contributed by atoms with van der Waals surface area (Å²) >= 11 is 0. The Labute approximate surface area is 92.6 Å². The first kappa shape index (κ1) is 14.3. The van der Waals surface area contributed by atoms with Gasteiger partial charge in [0.05, 0.1) is 6.04 Å². The number of ketones is 2. The fourth-order valence-corrected chi connectivity index (χ4v) is 1.42. The molecule has 0 fully saturated rings. The Morgan fingerprint density at radius 1 is 1.13 bits per heavy atom. The lowest BCUT2D eigenvalue weighted by atomic mass is 9.96. The molecule has 0 amide bonds. The molecule has 0 heterocycles. The lowest BCUT2D eigenvalue weighted by Crippen LogP contribution is -2.44. The molecule has 88 valence electrons. The highest BCUT2D eigenvalue weighted by atomic mass is 16.1. The van der Waals surface area contributed by atoms with Crippen LogP contribution in [0.25, 0.3) is 0 Å². The molecule has 3 heteroatoms. The molecule has 3 nitrogen and oxygen atoms in total. The molecule has 0 aliphatic heterocycles. The summed E-state index contributed by atoms with van der Waals surface area (Å²) < 4.78 is 0. The zero-order valence-corrected chi connectivity index (χ0v) is 10.5. The van der Waals surface area contributed by atoms with Crippen LogP contribution in [0, 0.1) is 5.92 Å². The quantitative estimate of drug-likeness (QED) is 0.703. The van der Waals surface area contributed by atoms with E-state index in [-0.39, 0.29) is 29.6 Å². The average molecular weight is 213 g/mol. The van der Waals surface area contributed by atoms with Gasteiger partial charge in [0.25, 0.3) is 0 Å². The highest BCUT2D eigenvalue weighted by Gasteiger charge is 2.23. The van der Waals surface area contributed by atoms with Gasteiger partial charge in [-0.15, -0.1) is 0 Å². The number of rotatable bonds is 7. The maximum absolute atomic E-state index is 11.8. The van der Waals surface area contributed by atoms with Gasteiger partial charge in [0.1, 0.15) is 5.78 Å². The molecule has 0 aromatic carbocycles. The highest BCUT2D eigenvalue weighted by Crippen LogP contribution is 2.06. The Balaban J connectivity index is 4.43. The van der Waals surface area contributed by atoms with E-state index < -0.39 is 0 Å². The van der Waals surface area contributed by atoms with Crippen molar-refractivity contribution in [2.24, 2.45) is 5.92 Å². The Kier molecular flexibility index (Phi) is 6.41. The monoisotopic (exact) mass is 213 g/mol. The maximum Gasteiger partial charge on any atom is 0.152 e. The van der Waals surface area contributed by atoms with Crippen molar-refractivity contribution in [2.45, 2.75) is 59.5 Å². The van der Waals surface area contributed by atoms with E-state index in [0.717, 1.165) is 0 Å². The largest absolute Gasteiger partial charge is 0.305 e. The van der Waals surface area contributed by atoms with Crippen LogP contribution in [-0.4, -0.2) is 23.7 Å². The molecule has 0 aliphatic carbocycles. The number of carbonyl (C=O) groups is 2. The van der Waals surface area contributed by atoms with Gasteiger partial charge in [0.15, 0.2) is 5.78 Å². The van der Waals surface area contributed by atoms with Crippen LogP contribution in [0.4, 0.5) is 0 Å². The van der Waals surface area contributed by atoms with Crippen LogP contribution in [0.3, 0.4) is 0 Å². The molecule has 0 saturated carbocycles. The van der Waals surface area contributed by atoms with Crippen molar-refractivity contribution < 1.29 is 9.59 Å². The van der Waals surface area contributed by atoms with Gasteiger partial charge in [-0.05, 0) is 0 Å². The van der Waals surface area contributed by atoms with Gasteiger partial charge in [0, 0.05) is 24.8 Å². The standard InChI is InChI=1S/C12H23NO2/c1-6-10(14)7-11(13-9(4)5)12(15)8(2)3/h8-9,11,13H,6-7H2,1-5H3. The predicted molar refractivity (Wildman–Crippen MR) is 61.8 cm³/mol. The van der Waals surface area contributed by atoms with Crippen molar-refractivity contribution in [3.8, 4) is 0 Å². The van der Waals surface area contributed by atoms with E-state index in [9.17, 15) is 9.59 Å². The summed E-state index contributed by atoms with van der Waals surface area (Å²) in [6, 6.07) is -0.0835. The molecule has 0 spiro atoms. The zero-order valence-electron chi connectivity index (χ0n) is 10.5. The summed E-state index contributed by atoms with van der Waals surface area (Å²) in [5.41, 5.74) is 0.